The Balaban J connectivity index is 1.65. The predicted octanol–water partition coefficient (Wildman–Crippen LogP) is 10.3. The summed E-state index contributed by atoms with van der Waals surface area (Å²) in [5.41, 5.74) is 4.43. The Morgan fingerprint density at radius 2 is 1.36 bits per heavy atom. The molecule has 44 heavy (non-hydrogen) atoms. The highest BCUT2D eigenvalue weighted by Gasteiger charge is 2.47. The van der Waals surface area contributed by atoms with E-state index in [9.17, 15) is 15.0 Å². The van der Waals surface area contributed by atoms with Crippen LogP contribution in [0.5, 0.6) is 23.0 Å². The van der Waals surface area contributed by atoms with Gasteiger partial charge in [-0.1, -0.05) is 84.0 Å². The molecule has 0 fully saturated rings. The number of aryl methyl sites for hydroxylation is 1. The van der Waals surface area contributed by atoms with E-state index >= 15 is 0 Å². The van der Waals surface area contributed by atoms with Crippen molar-refractivity contribution in [3.05, 3.63) is 113 Å². The number of carbonyl (C=O) groups is 1. The van der Waals surface area contributed by atoms with Crippen molar-refractivity contribution in [1.29, 1.82) is 0 Å². The van der Waals surface area contributed by atoms with E-state index in [2.05, 4.69) is 41.5 Å². The summed E-state index contributed by atoms with van der Waals surface area (Å²) in [7, 11) is -2.14. The quantitative estimate of drug-likeness (QED) is 0.0872. The number of carbonyl (C=O) groups excluding carboxylic acids is 1. The molecule has 0 spiro atoms. The van der Waals surface area contributed by atoms with Gasteiger partial charge in [-0.15, -0.1) is 11.8 Å². The number of benzene rings is 4. The van der Waals surface area contributed by atoms with Crippen LogP contribution in [0.1, 0.15) is 73.8 Å². The predicted molar refractivity (Wildman–Crippen MR) is 183 cm³/mol. The Hall–Kier alpha value is -3.68. The summed E-state index contributed by atoms with van der Waals surface area (Å²) in [6.45, 7) is 15.9. The van der Waals surface area contributed by atoms with Crippen LogP contribution in [0, 0.1) is 6.92 Å². The second-order valence-corrected chi connectivity index (χ2v) is 18.8. The number of hydrogen-bond acceptors (Lipinski definition) is 6. The molecule has 0 aliphatic carbocycles. The number of phenolic OH excluding ortho intramolecular Hbond substituents is 2. The summed E-state index contributed by atoms with van der Waals surface area (Å²) in [5, 5.41) is 20.3. The summed E-state index contributed by atoms with van der Waals surface area (Å²) >= 11 is 1.31. The molecular formula is C37H44O5SSi. The lowest BCUT2D eigenvalue weighted by Crippen LogP contribution is -2.50. The Morgan fingerprint density at radius 3 is 1.91 bits per heavy atom. The highest BCUT2D eigenvalue weighted by Crippen LogP contribution is 2.46. The molecular weight excluding hydrogens is 585 g/mol. The summed E-state index contributed by atoms with van der Waals surface area (Å²) in [6.07, 6.45) is 0. The largest absolute Gasteiger partial charge is 0.543 e. The van der Waals surface area contributed by atoms with E-state index in [1.54, 1.807) is 18.2 Å². The summed E-state index contributed by atoms with van der Waals surface area (Å²) in [6, 6.07) is 27.5. The van der Waals surface area contributed by atoms with Gasteiger partial charge in [0, 0.05) is 11.6 Å². The number of aromatic hydroxyl groups is 2. The Morgan fingerprint density at radius 1 is 0.773 bits per heavy atom. The molecule has 2 N–H and O–H groups in total. The molecule has 0 saturated heterocycles. The average molecular weight is 629 g/mol. The highest BCUT2D eigenvalue weighted by molar-refractivity contribution is 8.00. The maximum absolute atomic E-state index is 14.0. The lowest BCUT2D eigenvalue weighted by molar-refractivity contribution is 0.0989. The fourth-order valence-electron chi connectivity index (χ4n) is 6.14. The van der Waals surface area contributed by atoms with Crippen LogP contribution < -0.4 is 9.16 Å². The van der Waals surface area contributed by atoms with Crippen molar-refractivity contribution in [2.75, 3.05) is 0 Å². The van der Waals surface area contributed by atoms with Crippen LogP contribution in [0.25, 0.3) is 0 Å². The Kier molecular flexibility index (Phi) is 10.9. The molecule has 0 aromatic heterocycles. The topological polar surface area (TPSA) is 76.0 Å². The van der Waals surface area contributed by atoms with Crippen molar-refractivity contribution < 1.29 is 24.2 Å². The molecule has 4 rings (SSSR count). The third-order valence-corrected chi connectivity index (χ3v) is 15.8. The van der Waals surface area contributed by atoms with Gasteiger partial charge < -0.3 is 19.4 Å². The third kappa shape index (κ3) is 7.51. The minimum Gasteiger partial charge on any atom is -0.543 e. The maximum Gasteiger partial charge on any atom is 0.258 e. The van der Waals surface area contributed by atoms with Gasteiger partial charge in [-0.2, -0.15) is 0 Å². The number of phenols is 2. The van der Waals surface area contributed by atoms with Crippen molar-refractivity contribution in [2.45, 2.75) is 81.8 Å². The van der Waals surface area contributed by atoms with Crippen LogP contribution in [0.3, 0.4) is 0 Å². The first kappa shape index (κ1) is 33.2. The molecule has 0 radical (unpaired) electrons. The standard InChI is InChI=1S/C37H44O5SSi/c1-24(2)44(25(3)4,26(5)6)42-32-19-15-30(16-20-32)37(35(40)29-13-17-31(38)18-14-29)43-36-27(7)21-33(22-34(36)39)41-23-28-11-9-8-10-12-28/h8-22,24-26,37-39H,23H2,1-7H3. The molecule has 232 valence electrons. The van der Waals surface area contributed by atoms with Gasteiger partial charge in [-0.3, -0.25) is 4.79 Å². The first-order chi connectivity index (χ1) is 20.9. The van der Waals surface area contributed by atoms with Gasteiger partial charge in [0.2, 0.25) is 0 Å². The van der Waals surface area contributed by atoms with Crippen LogP contribution in [0.4, 0.5) is 0 Å². The minimum absolute atomic E-state index is 0.0584. The molecule has 1 atom stereocenters. The molecule has 0 amide bonds. The zero-order valence-electron chi connectivity index (χ0n) is 26.7. The third-order valence-electron chi connectivity index (χ3n) is 8.29. The lowest BCUT2D eigenvalue weighted by atomic mass is 10.0. The van der Waals surface area contributed by atoms with Crippen LogP contribution in [0.15, 0.2) is 95.9 Å². The average Bonchev–Trinajstić information content (AvgIpc) is 2.99. The molecule has 0 bridgehead atoms. The molecule has 0 saturated carbocycles. The smallest absolute Gasteiger partial charge is 0.258 e. The lowest BCUT2D eigenvalue weighted by Gasteiger charge is -2.42. The van der Waals surface area contributed by atoms with E-state index in [1.807, 2.05) is 67.6 Å². The number of rotatable bonds is 13. The zero-order valence-corrected chi connectivity index (χ0v) is 28.5. The van der Waals surface area contributed by atoms with E-state index in [4.69, 9.17) is 9.16 Å². The summed E-state index contributed by atoms with van der Waals surface area (Å²) < 4.78 is 12.8. The number of hydrogen-bond donors (Lipinski definition) is 2. The van der Waals surface area contributed by atoms with Gasteiger partial charge in [0.15, 0.2) is 5.78 Å². The monoisotopic (exact) mass is 628 g/mol. The number of ether oxygens (including phenoxy) is 1. The van der Waals surface area contributed by atoms with Gasteiger partial charge >= 0.3 is 0 Å². The minimum atomic E-state index is -2.14. The SMILES string of the molecule is Cc1cc(OCc2ccccc2)cc(O)c1SC(C(=O)c1ccc(O)cc1)c1ccc(O[Si](C(C)C)(C(C)C)C(C)C)cc1. The second-order valence-electron chi connectivity index (χ2n) is 12.3. The first-order valence-corrected chi connectivity index (χ1v) is 18.2. The molecule has 0 aliphatic rings. The van der Waals surface area contributed by atoms with E-state index in [0.717, 1.165) is 22.4 Å². The Bertz CT molecular complexity index is 1490. The van der Waals surface area contributed by atoms with Crippen LogP contribution in [-0.2, 0) is 6.61 Å². The van der Waals surface area contributed by atoms with Gasteiger partial charge in [0.25, 0.3) is 8.32 Å². The normalized spacial score (nSPS) is 12.5. The molecule has 4 aromatic carbocycles. The van der Waals surface area contributed by atoms with Gasteiger partial charge in [0.05, 0.1) is 10.1 Å². The fourth-order valence-corrected chi connectivity index (χ4v) is 12.6. The summed E-state index contributed by atoms with van der Waals surface area (Å²) in [5.74, 6) is 1.41. The maximum atomic E-state index is 14.0. The van der Waals surface area contributed by atoms with Crippen molar-refractivity contribution in [2.24, 2.45) is 0 Å². The molecule has 1 unspecified atom stereocenters. The van der Waals surface area contributed by atoms with Crippen molar-refractivity contribution in [1.82, 2.24) is 0 Å². The van der Waals surface area contributed by atoms with E-state index in [1.165, 1.54) is 23.9 Å². The second kappa shape index (κ2) is 14.4. The molecule has 7 heteroatoms. The van der Waals surface area contributed by atoms with E-state index < -0.39 is 13.6 Å². The van der Waals surface area contributed by atoms with Gasteiger partial charge in [-0.25, -0.2) is 0 Å². The van der Waals surface area contributed by atoms with Gasteiger partial charge in [-0.05, 0) is 82.7 Å². The van der Waals surface area contributed by atoms with Crippen molar-refractivity contribution in [3.63, 3.8) is 0 Å². The van der Waals surface area contributed by atoms with Crippen LogP contribution in [-0.4, -0.2) is 24.3 Å². The fraction of sp³-hybridized carbons (Fsp3) is 0.324. The first-order valence-electron chi connectivity index (χ1n) is 15.2. The zero-order chi connectivity index (χ0) is 32.0. The number of ketones is 1. The van der Waals surface area contributed by atoms with E-state index in [-0.39, 0.29) is 17.3 Å². The van der Waals surface area contributed by atoms with Crippen molar-refractivity contribution in [3.8, 4) is 23.0 Å². The van der Waals surface area contributed by atoms with Gasteiger partial charge in [0.1, 0.15) is 29.6 Å². The number of Topliss-reactive ketones (excluding diaryl/α,β-unsaturated/α-hetero) is 1. The number of thioether (sulfide) groups is 1. The highest BCUT2D eigenvalue weighted by atomic mass is 32.2. The van der Waals surface area contributed by atoms with E-state index in [0.29, 0.717) is 39.4 Å². The molecule has 5 nitrogen and oxygen atoms in total. The Labute approximate surface area is 267 Å². The molecule has 0 aliphatic heterocycles. The molecule has 4 aromatic rings. The molecule has 0 heterocycles. The van der Waals surface area contributed by atoms with Crippen LogP contribution >= 0.6 is 11.8 Å². The van der Waals surface area contributed by atoms with Crippen LogP contribution in [0.2, 0.25) is 16.6 Å². The van der Waals surface area contributed by atoms with Crippen molar-refractivity contribution >= 4 is 25.9 Å². The summed E-state index contributed by atoms with van der Waals surface area (Å²) in [4.78, 5) is 14.6.